The summed E-state index contributed by atoms with van der Waals surface area (Å²) in [4.78, 5) is 23.3. The highest BCUT2D eigenvalue weighted by molar-refractivity contribution is 5.85. The summed E-state index contributed by atoms with van der Waals surface area (Å²) in [6.45, 7) is 4.42. The molecule has 2 N–H and O–H groups in total. The zero-order valence-corrected chi connectivity index (χ0v) is 12.4. The van der Waals surface area contributed by atoms with Gasteiger partial charge in [-0.2, -0.15) is 0 Å². The predicted molar refractivity (Wildman–Crippen MR) is 78.4 cm³/mol. The van der Waals surface area contributed by atoms with E-state index in [-0.39, 0.29) is 18.2 Å². The van der Waals surface area contributed by atoms with Crippen LogP contribution in [0.3, 0.4) is 0 Å². The van der Waals surface area contributed by atoms with Gasteiger partial charge in [0.05, 0.1) is 13.0 Å². The number of carboxylic acid groups (broad SMARTS) is 1. The Morgan fingerprint density at radius 1 is 1.43 bits per heavy atom. The summed E-state index contributed by atoms with van der Waals surface area (Å²) in [6.07, 6.45) is 1.75. The molecule has 5 heteroatoms. The Labute approximate surface area is 124 Å². The fourth-order valence-electron chi connectivity index (χ4n) is 2.44. The zero-order chi connectivity index (χ0) is 15.4. The Bertz CT molecular complexity index is 541. The molecule has 1 heterocycles. The van der Waals surface area contributed by atoms with Crippen molar-refractivity contribution >= 4 is 11.9 Å². The number of carbonyl (C=O) groups excluding carboxylic acids is 1. The molecule has 0 aromatic heterocycles. The molecule has 1 aliphatic heterocycles. The predicted octanol–water partition coefficient (Wildman–Crippen LogP) is 1.78. The van der Waals surface area contributed by atoms with Gasteiger partial charge in [-0.05, 0) is 23.1 Å². The van der Waals surface area contributed by atoms with Gasteiger partial charge < -0.3 is 15.2 Å². The van der Waals surface area contributed by atoms with Crippen molar-refractivity contribution in [1.29, 1.82) is 0 Å². The highest BCUT2D eigenvalue weighted by Crippen LogP contribution is 2.26. The Morgan fingerprint density at radius 2 is 2.19 bits per heavy atom. The molecule has 1 aromatic rings. The summed E-state index contributed by atoms with van der Waals surface area (Å²) in [6, 6.07) is 4.85. The number of carboxylic acids is 1. The van der Waals surface area contributed by atoms with E-state index in [1.807, 2.05) is 32.0 Å². The fraction of sp³-hybridized carbons (Fsp3) is 0.500. The van der Waals surface area contributed by atoms with Gasteiger partial charge in [0.2, 0.25) is 5.91 Å². The maximum Gasteiger partial charge on any atom is 0.326 e. The number of rotatable bonds is 6. The number of ether oxygens (including phenoxy) is 1. The van der Waals surface area contributed by atoms with E-state index in [9.17, 15) is 14.7 Å². The van der Waals surface area contributed by atoms with E-state index >= 15 is 0 Å². The molecule has 0 aliphatic carbocycles. The lowest BCUT2D eigenvalue weighted by Crippen LogP contribution is -2.45. The second-order valence-electron chi connectivity index (χ2n) is 5.49. The third-order valence-corrected chi connectivity index (χ3v) is 3.91. The Kier molecular flexibility index (Phi) is 4.83. The van der Waals surface area contributed by atoms with Gasteiger partial charge in [-0.1, -0.05) is 32.4 Å². The Balaban J connectivity index is 1.99. The van der Waals surface area contributed by atoms with Crippen molar-refractivity contribution in [3.63, 3.8) is 0 Å². The van der Waals surface area contributed by atoms with Crippen molar-refractivity contribution in [3.05, 3.63) is 29.3 Å². The molecular weight excluding hydrogens is 270 g/mol. The van der Waals surface area contributed by atoms with Crippen molar-refractivity contribution in [2.75, 3.05) is 6.61 Å². The first kappa shape index (κ1) is 15.4. The minimum Gasteiger partial charge on any atom is -0.493 e. The van der Waals surface area contributed by atoms with Crippen LogP contribution in [0.25, 0.3) is 0 Å². The third-order valence-electron chi connectivity index (χ3n) is 3.91. The molecule has 0 fully saturated rings. The van der Waals surface area contributed by atoms with Crippen LogP contribution in [-0.2, 0) is 22.4 Å². The second-order valence-corrected chi connectivity index (χ2v) is 5.49. The maximum absolute atomic E-state index is 12.0. The number of carbonyl (C=O) groups is 2. The molecule has 0 saturated heterocycles. The highest BCUT2D eigenvalue weighted by Gasteiger charge is 2.25. The zero-order valence-electron chi connectivity index (χ0n) is 12.4. The van der Waals surface area contributed by atoms with Gasteiger partial charge in [-0.15, -0.1) is 0 Å². The molecular formula is C16H21NO4. The van der Waals surface area contributed by atoms with Crippen LogP contribution in [-0.4, -0.2) is 29.6 Å². The van der Waals surface area contributed by atoms with Gasteiger partial charge in [-0.25, -0.2) is 4.79 Å². The van der Waals surface area contributed by atoms with Crippen LogP contribution in [0.1, 0.15) is 31.4 Å². The van der Waals surface area contributed by atoms with E-state index in [1.165, 1.54) is 0 Å². The smallest absolute Gasteiger partial charge is 0.326 e. The van der Waals surface area contributed by atoms with Gasteiger partial charge in [0.25, 0.3) is 0 Å². The number of fused-ring (bicyclic) bond motifs is 1. The molecule has 2 atom stereocenters. The summed E-state index contributed by atoms with van der Waals surface area (Å²) in [5.74, 6) is -0.469. The first-order chi connectivity index (χ1) is 10.0. The lowest BCUT2D eigenvalue weighted by atomic mass is 9.98. The van der Waals surface area contributed by atoms with E-state index in [0.29, 0.717) is 13.0 Å². The molecule has 0 saturated carbocycles. The van der Waals surface area contributed by atoms with Crippen LogP contribution >= 0.6 is 0 Å². The molecule has 0 radical (unpaired) electrons. The van der Waals surface area contributed by atoms with Crippen molar-refractivity contribution in [2.24, 2.45) is 5.92 Å². The number of hydrogen-bond donors (Lipinski definition) is 2. The Morgan fingerprint density at radius 3 is 2.86 bits per heavy atom. The minimum absolute atomic E-state index is 0.0973. The SMILES string of the molecule is CC[C@H](C)[C@H](NC(=O)Cc1ccc2c(c1)CCO2)C(=O)O. The summed E-state index contributed by atoms with van der Waals surface area (Å²) >= 11 is 0. The molecule has 1 amide bonds. The average molecular weight is 291 g/mol. The van der Waals surface area contributed by atoms with E-state index in [2.05, 4.69) is 5.32 Å². The fourth-order valence-corrected chi connectivity index (χ4v) is 2.44. The average Bonchev–Trinajstić information content (AvgIpc) is 2.91. The van der Waals surface area contributed by atoms with Gasteiger partial charge in [-0.3, -0.25) is 4.79 Å². The molecule has 0 unspecified atom stereocenters. The lowest BCUT2D eigenvalue weighted by molar-refractivity contribution is -0.143. The van der Waals surface area contributed by atoms with Crippen molar-refractivity contribution < 1.29 is 19.4 Å². The molecule has 1 aromatic carbocycles. The van der Waals surface area contributed by atoms with Crippen LogP contribution < -0.4 is 10.1 Å². The minimum atomic E-state index is -0.986. The van der Waals surface area contributed by atoms with E-state index in [0.717, 1.165) is 23.3 Å². The number of nitrogens with one attached hydrogen (secondary N) is 1. The normalized spacial score (nSPS) is 15.7. The molecule has 114 valence electrons. The van der Waals surface area contributed by atoms with Gasteiger partial charge in [0.15, 0.2) is 0 Å². The van der Waals surface area contributed by atoms with Gasteiger partial charge in [0, 0.05) is 6.42 Å². The highest BCUT2D eigenvalue weighted by atomic mass is 16.5. The second kappa shape index (κ2) is 6.61. The van der Waals surface area contributed by atoms with Crippen LogP contribution in [0.15, 0.2) is 18.2 Å². The van der Waals surface area contributed by atoms with Gasteiger partial charge in [0.1, 0.15) is 11.8 Å². The number of hydrogen-bond acceptors (Lipinski definition) is 3. The summed E-state index contributed by atoms with van der Waals surface area (Å²) in [7, 11) is 0. The summed E-state index contributed by atoms with van der Waals surface area (Å²) < 4.78 is 5.42. The maximum atomic E-state index is 12.0. The standard InChI is InChI=1S/C16H21NO4/c1-3-10(2)15(16(19)20)17-14(18)9-11-4-5-13-12(8-11)6-7-21-13/h4-5,8,10,15H,3,6-7,9H2,1-2H3,(H,17,18)(H,19,20)/t10-,15-/m0/s1. The first-order valence-corrected chi connectivity index (χ1v) is 7.28. The van der Waals surface area contributed by atoms with Crippen LogP contribution in [0.2, 0.25) is 0 Å². The topological polar surface area (TPSA) is 75.6 Å². The summed E-state index contributed by atoms with van der Waals surface area (Å²) in [5, 5.41) is 11.8. The first-order valence-electron chi connectivity index (χ1n) is 7.28. The quantitative estimate of drug-likeness (QED) is 0.837. The molecule has 1 aliphatic rings. The van der Waals surface area contributed by atoms with Crippen LogP contribution in [0.5, 0.6) is 5.75 Å². The van der Waals surface area contributed by atoms with Crippen molar-refractivity contribution in [2.45, 2.75) is 39.2 Å². The Hall–Kier alpha value is -2.04. The van der Waals surface area contributed by atoms with Crippen LogP contribution in [0, 0.1) is 5.92 Å². The largest absolute Gasteiger partial charge is 0.493 e. The molecule has 0 bridgehead atoms. The van der Waals surface area contributed by atoms with Crippen molar-refractivity contribution in [3.8, 4) is 5.75 Å². The molecule has 2 rings (SSSR count). The summed E-state index contributed by atoms with van der Waals surface area (Å²) in [5.41, 5.74) is 1.99. The van der Waals surface area contributed by atoms with E-state index in [4.69, 9.17) is 4.74 Å². The monoisotopic (exact) mass is 291 g/mol. The number of aliphatic carboxylic acids is 1. The van der Waals surface area contributed by atoms with Crippen molar-refractivity contribution in [1.82, 2.24) is 5.32 Å². The van der Waals surface area contributed by atoms with Gasteiger partial charge >= 0.3 is 5.97 Å². The number of amides is 1. The lowest BCUT2D eigenvalue weighted by Gasteiger charge is -2.20. The van der Waals surface area contributed by atoms with E-state index in [1.54, 1.807) is 0 Å². The van der Waals surface area contributed by atoms with Crippen LogP contribution in [0.4, 0.5) is 0 Å². The third kappa shape index (κ3) is 3.74. The molecule has 21 heavy (non-hydrogen) atoms. The number of benzene rings is 1. The van der Waals surface area contributed by atoms with E-state index < -0.39 is 12.0 Å². The molecule has 5 nitrogen and oxygen atoms in total. The molecule has 0 spiro atoms.